The Hall–Kier alpha value is -1.46. The number of nitrogens with one attached hydrogen (secondary N) is 3. The van der Waals surface area contributed by atoms with E-state index in [0.717, 1.165) is 0 Å². The maximum atomic E-state index is 13.1. The van der Waals surface area contributed by atoms with Gasteiger partial charge in [0, 0.05) is 0 Å². The summed E-state index contributed by atoms with van der Waals surface area (Å²) < 4.78 is 0. The van der Waals surface area contributed by atoms with Gasteiger partial charge in [-0.05, 0) is 55.1 Å². The fourth-order valence-electron chi connectivity index (χ4n) is 3.11. The summed E-state index contributed by atoms with van der Waals surface area (Å²) in [4.78, 5) is 50.1. The molecule has 0 heterocycles. The lowest BCUT2D eigenvalue weighted by Crippen LogP contribution is -2.58. The number of carbonyl (C=O) groups excluding carboxylic acids is 3. The second kappa shape index (κ2) is 17.0. The van der Waals surface area contributed by atoms with Gasteiger partial charge in [0.15, 0.2) is 0 Å². The summed E-state index contributed by atoms with van der Waals surface area (Å²) >= 11 is 3.03. The number of hydrogen-bond donors (Lipinski definition) is 5. The van der Waals surface area contributed by atoms with Gasteiger partial charge in [0.05, 0.1) is 6.04 Å². The van der Waals surface area contributed by atoms with Crippen molar-refractivity contribution in [2.75, 3.05) is 24.0 Å². The normalized spacial score (nSPS) is 15.8. The highest BCUT2D eigenvalue weighted by Crippen LogP contribution is 2.12. The van der Waals surface area contributed by atoms with Gasteiger partial charge in [-0.3, -0.25) is 14.4 Å². The number of amides is 3. The van der Waals surface area contributed by atoms with E-state index in [1.165, 1.54) is 23.5 Å². The fraction of sp³-hybridized carbons (Fsp3) is 0.818. The monoisotopic (exact) mass is 506 g/mol. The quantitative estimate of drug-likeness (QED) is 0.199. The van der Waals surface area contributed by atoms with Crippen LogP contribution in [0.1, 0.15) is 53.4 Å². The molecule has 0 aliphatic heterocycles. The zero-order valence-corrected chi connectivity index (χ0v) is 22.3. The first-order valence-electron chi connectivity index (χ1n) is 11.4. The van der Waals surface area contributed by atoms with Crippen LogP contribution in [0.3, 0.4) is 0 Å². The van der Waals surface area contributed by atoms with E-state index in [1.54, 1.807) is 0 Å². The summed E-state index contributed by atoms with van der Waals surface area (Å²) in [6.07, 6.45) is 5.52. The van der Waals surface area contributed by atoms with Crippen molar-refractivity contribution in [1.29, 1.82) is 0 Å². The van der Waals surface area contributed by atoms with Crippen LogP contribution in [0.2, 0.25) is 0 Å². The van der Waals surface area contributed by atoms with Crippen molar-refractivity contribution in [3.63, 3.8) is 0 Å². The number of nitrogens with two attached hydrogens (primary N) is 1. The number of rotatable bonds is 17. The lowest BCUT2D eigenvalue weighted by molar-refractivity contribution is -0.142. The van der Waals surface area contributed by atoms with Crippen LogP contribution in [-0.4, -0.2) is 77.0 Å². The number of aliphatic carboxylic acids is 1. The second-order valence-electron chi connectivity index (χ2n) is 8.63. The number of carbonyl (C=O) groups is 4. The van der Waals surface area contributed by atoms with Gasteiger partial charge in [-0.1, -0.05) is 34.1 Å². The molecule has 0 aromatic heterocycles. The molecule has 0 aromatic rings. The van der Waals surface area contributed by atoms with Crippen molar-refractivity contribution in [3.05, 3.63) is 0 Å². The SMILES string of the molecule is CCC(C)C(NC(=O)C(CCSC)NC(=O)C(N)CC(C)C)C(=O)NC(CCSC)C(=O)O. The highest BCUT2D eigenvalue weighted by molar-refractivity contribution is 7.98. The molecular weight excluding hydrogens is 464 g/mol. The van der Waals surface area contributed by atoms with Crippen LogP contribution >= 0.6 is 23.5 Å². The lowest BCUT2D eigenvalue weighted by Gasteiger charge is -2.28. The molecule has 0 aromatic carbocycles. The molecule has 9 nitrogen and oxygen atoms in total. The van der Waals surface area contributed by atoms with Crippen LogP contribution in [0, 0.1) is 11.8 Å². The maximum absolute atomic E-state index is 13.1. The van der Waals surface area contributed by atoms with Crippen LogP contribution < -0.4 is 21.7 Å². The smallest absolute Gasteiger partial charge is 0.326 e. The summed E-state index contributed by atoms with van der Waals surface area (Å²) in [6, 6.07) is -3.52. The largest absolute Gasteiger partial charge is 0.480 e. The molecule has 0 aliphatic carbocycles. The predicted octanol–water partition coefficient (Wildman–Crippen LogP) is 1.45. The third-order valence-corrected chi connectivity index (χ3v) is 6.61. The van der Waals surface area contributed by atoms with Crippen molar-refractivity contribution in [2.24, 2.45) is 17.6 Å². The number of carboxylic acids is 1. The predicted molar refractivity (Wildman–Crippen MR) is 136 cm³/mol. The first-order chi connectivity index (χ1) is 15.5. The minimum absolute atomic E-state index is 0.232. The van der Waals surface area contributed by atoms with Crippen LogP contribution in [0.25, 0.3) is 0 Å². The third-order valence-electron chi connectivity index (χ3n) is 5.32. The van der Waals surface area contributed by atoms with E-state index in [-0.39, 0.29) is 18.3 Å². The van der Waals surface area contributed by atoms with Crippen molar-refractivity contribution >= 4 is 47.2 Å². The second-order valence-corrected chi connectivity index (χ2v) is 10.6. The maximum Gasteiger partial charge on any atom is 0.326 e. The van der Waals surface area contributed by atoms with Crippen molar-refractivity contribution in [1.82, 2.24) is 16.0 Å². The van der Waals surface area contributed by atoms with Gasteiger partial charge >= 0.3 is 5.97 Å². The summed E-state index contributed by atoms with van der Waals surface area (Å²) in [5.41, 5.74) is 5.97. The summed E-state index contributed by atoms with van der Waals surface area (Å²) in [6.45, 7) is 7.63. The van der Waals surface area contributed by atoms with Gasteiger partial charge in [0.2, 0.25) is 17.7 Å². The Bertz CT molecular complexity index is 636. The zero-order valence-electron chi connectivity index (χ0n) is 20.7. The Labute approximate surface area is 206 Å². The molecule has 0 saturated carbocycles. The highest BCUT2D eigenvalue weighted by Gasteiger charge is 2.32. The Kier molecular flexibility index (Phi) is 16.3. The van der Waals surface area contributed by atoms with Crippen LogP contribution in [0.15, 0.2) is 0 Å². The molecule has 0 fully saturated rings. The first kappa shape index (κ1) is 31.5. The molecule has 11 heteroatoms. The Balaban J connectivity index is 5.46. The highest BCUT2D eigenvalue weighted by atomic mass is 32.2. The molecular formula is C22H42N4O5S2. The Morgan fingerprint density at radius 1 is 0.848 bits per heavy atom. The molecule has 0 saturated heterocycles. The van der Waals surface area contributed by atoms with Gasteiger partial charge in [0.1, 0.15) is 18.1 Å². The van der Waals surface area contributed by atoms with Crippen molar-refractivity contribution < 1.29 is 24.3 Å². The minimum atomic E-state index is -1.11. The van der Waals surface area contributed by atoms with E-state index in [9.17, 15) is 24.3 Å². The number of carboxylic acid groups (broad SMARTS) is 1. The van der Waals surface area contributed by atoms with Gasteiger partial charge in [-0.15, -0.1) is 0 Å². The molecule has 6 N–H and O–H groups in total. The topological polar surface area (TPSA) is 151 Å². The molecule has 5 unspecified atom stereocenters. The van der Waals surface area contributed by atoms with E-state index in [4.69, 9.17) is 5.73 Å². The van der Waals surface area contributed by atoms with Crippen LogP contribution in [0.5, 0.6) is 0 Å². The van der Waals surface area contributed by atoms with Gasteiger partial charge < -0.3 is 26.8 Å². The summed E-state index contributed by atoms with van der Waals surface area (Å²) in [5, 5.41) is 17.5. The lowest BCUT2D eigenvalue weighted by atomic mass is 9.97. The average molecular weight is 507 g/mol. The molecule has 192 valence electrons. The van der Waals surface area contributed by atoms with Crippen molar-refractivity contribution in [3.8, 4) is 0 Å². The molecule has 0 bridgehead atoms. The van der Waals surface area contributed by atoms with E-state index >= 15 is 0 Å². The number of hydrogen-bond acceptors (Lipinski definition) is 7. The fourth-order valence-corrected chi connectivity index (χ4v) is 4.05. The summed E-state index contributed by atoms with van der Waals surface area (Å²) in [7, 11) is 0. The van der Waals surface area contributed by atoms with Crippen LogP contribution in [0.4, 0.5) is 0 Å². The van der Waals surface area contributed by atoms with Crippen LogP contribution in [-0.2, 0) is 19.2 Å². The molecule has 0 radical (unpaired) electrons. The Morgan fingerprint density at radius 2 is 1.36 bits per heavy atom. The van der Waals surface area contributed by atoms with E-state index in [1.807, 2.05) is 40.2 Å². The van der Waals surface area contributed by atoms with Gasteiger partial charge in [0.25, 0.3) is 0 Å². The van der Waals surface area contributed by atoms with Gasteiger partial charge in [-0.2, -0.15) is 23.5 Å². The standard InChI is InChI=1S/C22H42N4O5S2/c1-7-14(4)18(21(29)25-17(22(30)31)9-11-33-6)26-20(28)16(8-10-32-5)24-19(27)15(23)12-13(2)3/h13-18H,7-12,23H2,1-6H3,(H,24,27)(H,25,29)(H,26,28)(H,30,31). The molecule has 0 rings (SSSR count). The third kappa shape index (κ3) is 12.5. The first-order valence-corrected chi connectivity index (χ1v) is 14.1. The summed E-state index contributed by atoms with van der Waals surface area (Å²) in [5.74, 6) is -1.33. The zero-order chi connectivity index (χ0) is 25.6. The number of thioether (sulfide) groups is 2. The molecule has 0 spiro atoms. The van der Waals surface area contributed by atoms with Gasteiger partial charge in [-0.25, -0.2) is 4.79 Å². The average Bonchev–Trinajstić information content (AvgIpc) is 2.75. The van der Waals surface area contributed by atoms with Crippen molar-refractivity contribution in [2.45, 2.75) is 77.5 Å². The van der Waals surface area contributed by atoms with E-state index < -0.39 is 47.9 Å². The molecule has 3 amide bonds. The molecule has 33 heavy (non-hydrogen) atoms. The van der Waals surface area contributed by atoms with E-state index in [0.29, 0.717) is 30.8 Å². The van der Waals surface area contributed by atoms with E-state index in [2.05, 4.69) is 16.0 Å². The molecule has 5 atom stereocenters. The minimum Gasteiger partial charge on any atom is -0.480 e. The Morgan fingerprint density at radius 3 is 1.82 bits per heavy atom. The molecule has 0 aliphatic rings.